The van der Waals surface area contributed by atoms with Gasteiger partial charge in [-0.3, -0.25) is 4.79 Å². The molecule has 1 N–H and O–H groups in total. The molecule has 4 heteroatoms. The third-order valence-electron chi connectivity index (χ3n) is 3.79. The molecule has 1 aromatic heterocycles. The summed E-state index contributed by atoms with van der Waals surface area (Å²) in [6, 6.07) is 16.2. The summed E-state index contributed by atoms with van der Waals surface area (Å²) in [5.41, 5.74) is 4.09. The Balaban J connectivity index is 2.12. The molecular weight excluding hydrogens is 286 g/mol. The Morgan fingerprint density at radius 3 is 2.57 bits per heavy atom. The number of nitrogens with zero attached hydrogens (tertiary/aromatic N) is 2. The largest absolute Gasteiger partial charge is 0.352 e. The van der Waals surface area contributed by atoms with Gasteiger partial charge in [0.2, 0.25) is 5.91 Å². The number of aryl methyl sites for hydroxylation is 1. The molecule has 3 rings (SSSR count). The lowest BCUT2D eigenvalue weighted by atomic mass is 10.1. The lowest BCUT2D eigenvalue weighted by Crippen LogP contribution is -2.33. The van der Waals surface area contributed by atoms with Crippen LogP contribution in [0.5, 0.6) is 0 Å². The Morgan fingerprint density at radius 2 is 1.83 bits per heavy atom. The number of nitrogens with one attached hydrogen (secondary N) is 1. The number of hydrogen-bond acceptors (Lipinski definition) is 2. The number of hydrogen-bond donors (Lipinski definition) is 1. The second-order valence-corrected chi connectivity index (χ2v) is 6.05. The molecule has 118 valence electrons. The van der Waals surface area contributed by atoms with Crippen LogP contribution in [-0.2, 0) is 11.3 Å². The van der Waals surface area contributed by atoms with Gasteiger partial charge in [0.25, 0.3) is 0 Å². The number of para-hydroxylation sites is 2. The highest BCUT2D eigenvalue weighted by atomic mass is 16.2. The van der Waals surface area contributed by atoms with Crippen molar-refractivity contribution in [1.29, 1.82) is 0 Å². The summed E-state index contributed by atoms with van der Waals surface area (Å²) in [7, 11) is 0. The highest BCUT2D eigenvalue weighted by molar-refractivity contribution is 5.85. The molecule has 0 aliphatic heterocycles. The summed E-state index contributed by atoms with van der Waals surface area (Å²) in [5.74, 6) is 0.834. The van der Waals surface area contributed by atoms with Crippen molar-refractivity contribution in [3.8, 4) is 11.4 Å². The van der Waals surface area contributed by atoms with Crippen LogP contribution in [0.4, 0.5) is 0 Å². The van der Waals surface area contributed by atoms with Crippen LogP contribution in [0.25, 0.3) is 22.4 Å². The second kappa shape index (κ2) is 6.24. The maximum atomic E-state index is 12.3. The SMILES string of the molecule is Cc1ccccc1-c1nc2ccccc2n1CC(=O)NC(C)C. The van der Waals surface area contributed by atoms with E-state index < -0.39 is 0 Å². The Kier molecular flexibility index (Phi) is 4.15. The summed E-state index contributed by atoms with van der Waals surface area (Å²) in [4.78, 5) is 17.0. The lowest BCUT2D eigenvalue weighted by molar-refractivity contribution is -0.122. The van der Waals surface area contributed by atoms with Crippen LogP contribution < -0.4 is 5.32 Å². The van der Waals surface area contributed by atoms with E-state index in [9.17, 15) is 4.79 Å². The van der Waals surface area contributed by atoms with Crippen LogP contribution in [0.2, 0.25) is 0 Å². The maximum absolute atomic E-state index is 12.3. The van der Waals surface area contributed by atoms with Gasteiger partial charge >= 0.3 is 0 Å². The van der Waals surface area contributed by atoms with Crippen LogP contribution in [0.15, 0.2) is 48.5 Å². The maximum Gasteiger partial charge on any atom is 0.240 e. The van der Waals surface area contributed by atoms with Crippen molar-refractivity contribution < 1.29 is 4.79 Å². The Labute approximate surface area is 136 Å². The van der Waals surface area contributed by atoms with E-state index in [2.05, 4.69) is 18.3 Å². The van der Waals surface area contributed by atoms with E-state index in [4.69, 9.17) is 4.98 Å². The Bertz CT molecular complexity index is 849. The average molecular weight is 307 g/mol. The fourth-order valence-corrected chi connectivity index (χ4v) is 2.78. The smallest absolute Gasteiger partial charge is 0.240 e. The number of amides is 1. The zero-order valence-electron chi connectivity index (χ0n) is 13.7. The number of carbonyl (C=O) groups excluding carboxylic acids is 1. The van der Waals surface area contributed by atoms with Crippen LogP contribution in [0, 0.1) is 6.92 Å². The van der Waals surface area contributed by atoms with E-state index in [0.717, 1.165) is 28.0 Å². The standard InChI is InChI=1S/C19H21N3O/c1-13(2)20-18(23)12-22-17-11-7-6-10-16(17)21-19(22)15-9-5-4-8-14(15)3/h4-11,13H,12H2,1-3H3,(H,20,23). The van der Waals surface area contributed by atoms with E-state index in [1.807, 2.05) is 60.9 Å². The molecule has 0 saturated heterocycles. The fraction of sp³-hybridized carbons (Fsp3) is 0.263. The molecule has 0 spiro atoms. The quantitative estimate of drug-likeness (QED) is 0.801. The van der Waals surface area contributed by atoms with E-state index in [1.54, 1.807) is 0 Å². The molecule has 0 atom stereocenters. The lowest BCUT2D eigenvalue weighted by Gasteiger charge is -2.13. The molecule has 4 nitrogen and oxygen atoms in total. The number of imidazole rings is 1. The molecule has 23 heavy (non-hydrogen) atoms. The topological polar surface area (TPSA) is 46.9 Å². The number of rotatable bonds is 4. The number of aromatic nitrogens is 2. The zero-order valence-corrected chi connectivity index (χ0v) is 13.7. The van der Waals surface area contributed by atoms with E-state index in [1.165, 1.54) is 0 Å². The second-order valence-electron chi connectivity index (χ2n) is 6.05. The molecule has 0 aliphatic carbocycles. The molecule has 0 aliphatic rings. The predicted molar refractivity (Wildman–Crippen MR) is 93.2 cm³/mol. The highest BCUT2D eigenvalue weighted by Crippen LogP contribution is 2.27. The first-order valence-electron chi connectivity index (χ1n) is 7.87. The molecule has 3 aromatic rings. The predicted octanol–water partition coefficient (Wildman–Crippen LogP) is 3.54. The van der Waals surface area contributed by atoms with Crippen molar-refractivity contribution in [3.05, 3.63) is 54.1 Å². The van der Waals surface area contributed by atoms with Crippen molar-refractivity contribution in [2.24, 2.45) is 0 Å². The summed E-state index contributed by atoms with van der Waals surface area (Å²) in [6.07, 6.45) is 0. The van der Waals surface area contributed by atoms with Crippen LogP contribution >= 0.6 is 0 Å². The van der Waals surface area contributed by atoms with Gasteiger partial charge in [0, 0.05) is 11.6 Å². The summed E-state index contributed by atoms with van der Waals surface area (Å²) < 4.78 is 2.00. The van der Waals surface area contributed by atoms with Crippen molar-refractivity contribution in [3.63, 3.8) is 0 Å². The van der Waals surface area contributed by atoms with Crippen molar-refractivity contribution >= 4 is 16.9 Å². The molecule has 0 saturated carbocycles. The Hall–Kier alpha value is -2.62. The molecule has 2 aromatic carbocycles. The molecule has 0 fully saturated rings. The minimum Gasteiger partial charge on any atom is -0.352 e. The van der Waals surface area contributed by atoms with Gasteiger partial charge in [0.1, 0.15) is 12.4 Å². The number of fused-ring (bicyclic) bond motifs is 1. The van der Waals surface area contributed by atoms with Gasteiger partial charge in [-0.1, -0.05) is 36.4 Å². The van der Waals surface area contributed by atoms with Gasteiger partial charge < -0.3 is 9.88 Å². The average Bonchev–Trinajstić information content (AvgIpc) is 2.85. The van der Waals surface area contributed by atoms with Crippen molar-refractivity contribution in [2.75, 3.05) is 0 Å². The summed E-state index contributed by atoms with van der Waals surface area (Å²) in [6.45, 7) is 6.26. The van der Waals surface area contributed by atoms with Gasteiger partial charge in [0.15, 0.2) is 0 Å². The van der Waals surface area contributed by atoms with E-state index in [0.29, 0.717) is 0 Å². The first kappa shape index (κ1) is 15.3. The van der Waals surface area contributed by atoms with Crippen molar-refractivity contribution in [1.82, 2.24) is 14.9 Å². The molecule has 0 radical (unpaired) electrons. The minimum absolute atomic E-state index is 0.00186. The van der Waals surface area contributed by atoms with Gasteiger partial charge in [0.05, 0.1) is 11.0 Å². The molecule has 1 amide bonds. The van der Waals surface area contributed by atoms with Crippen molar-refractivity contribution in [2.45, 2.75) is 33.4 Å². The molecule has 1 heterocycles. The zero-order chi connectivity index (χ0) is 16.4. The molecule has 0 unspecified atom stereocenters. The number of benzene rings is 2. The van der Waals surface area contributed by atoms with Gasteiger partial charge in [-0.05, 0) is 38.5 Å². The summed E-state index contributed by atoms with van der Waals surface area (Å²) in [5, 5.41) is 2.95. The first-order chi connectivity index (χ1) is 11.1. The molecule has 0 bridgehead atoms. The Morgan fingerprint density at radius 1 is 1.13 bits per heavy atom. The third kappa shape index (κ3) is 3.11. The van der Waals surface area contributed by atoms with E-state index >= 15 is 0 Å². The monoisotopic (exact) mass is 307 g/mol. The fourth-order valence-electron chi connectivity index (χ4n) is 2.78. The molecular formula is C19H21N3O. The number of carbonyl (C=O) groups is 1. The van der Waals surface area contributed by atoms with Gasteiger partial charge in [-0.15, -0.1) is 0 Å². The van der Waals surface area contributed by atoms with Crippen LogP contribution in [0.1, 0.15) is 19.4 Å². The van der Waals surface area contributed by atoms with E-state index in [-0.39, 0.29) is 18.5 Å². The highest BCUT2D eigenvalue weighted by Gasteiger charge is 2.16. The summed E-state index contributed by atoms with van der Waals surface area (Å²) >= 11 is 0. The normalized spacial score (nSPS) is 11.1. The minimum atomic E-state index is -0.00186. The van der Waals surface area contributed by atoms with Crippen LogP contribution in [0.3, 0.4) is 0 Å². The van der Waals surface area contributed by atoms with Crippen LogP contribution in [-0.4, -0.2) is 21.5 Å². The van der Waals surface area contributed by atoms with Gasteiger partial charge in [-0.2, -0.15) is 0 Å². The van der Waals surface area contributed by atoms with Gasteiger partial charge in [-0.25, -0.2) is 4.98 Å². The third-order valence-corrected chi connectivity index (χ3v) is 3.79. The first-order valence-corrected chi connectivity index (χ1v) is 7.87.